The molecule has 2 aromatic rings. The second-order valence-electron chi connectivity index (χ2n) is 4.10. The Balaban J connectivity index is 2.84. The Morgan fingerprint density at radius 1 is 1.06 bits per heavy atom. The van der Waals surface area contributed by atoms with Gasteiger partial charge in [-0.15, -0.1) is 4.24 Å². The molecule has 0 aliphatic heterocycles. The molecular weight excluding hydrogens is 272 g/mol. The maximum atomic E-state index is 11.8. The molecule has 0 aliphatic rings. The molecule has 2 rings (SSSR count). The predicted octanol–water partition coefficient (Wildman–Crippen LogP) is 2.34. The highest BCUT2D eigenvalue weighted by Gasteiger charge is 2.17. The van der Waals surface area contributed by atoms with Gasteiger partial charge in [-0.25, -0.2) is 8.42 Å². The number of nitrogens with zero attached hydrogens (tertiary/aromatic N) is 1. The maximum Gasteiger partial charge on any atom is 0.254 e. The van der Waals surface area contributed by atoms with Crippen molar-refractivity contribution < 1.29 is 8.42 Å². The second kappa shape index (κ2) is 4.76. The van der Waals surface area contributed by atoms with E-state index in [0.717, 1.165) is 11.1 Å². The molecule has 0 bridgehead atoms. The molecule has 0 aliphatic carbocycles. The van der Waals surface area contributed by atoms with Crippen molar-refractivity contribution >= 4 is 38.3 Å². The zero-order valence-corrected chi connectivity index (χ0v) is 11.6. The van der Waals surface area contributed by atoms with Crippen molar-refractivity contribution in [2.24, 2.45) is 0 Å². The molecule has 96 valence electrons. The molecule has 6 heteroatoms. The van der Waals surface area contributed by atoms with Crippen molar-refractivity contribution in [3.8, 4) is 0 Å². The van der Waals surface area contributed by atoms with Crippen LogP contribution < -0.4 is 9.14 Å². The minimum absolute atomic E-state index is 0.179. The van der Waals surface area contributed by atoms with Crippen LogP contribution in [0.15, 0.2) is 41.3 Å². The van der Waals surface area contributed by atoms with E-state index in [1.54, 1.807) is 12.1 Å². The lowest BCUT2D eigenvalue weighted by atomic mass is 10.1. The Labute approximate surface area is 111 Å². The van der Waals surface area contributed by atoms with Crippen molar-refractivity contribution in [2.45, 2.75) is 4.90 Å². The van der Waals surface area contributed by atoms with Crippen LogP contribution in [0.2, 0.25) is 0 Å². The van der Waals surface area contributed by atoms with Crippen molar-refractivity contribution in [3.05, 3.63) is 36.4 Å². The molecule has 0 fully saturated rings. The first-order chi connectivity index (χ1) is 8.47. The van der Waals surface area contributed by atoms with Crippen molar-refractivity contribution in [3.63, 3.8) is 0 Å². The summed E-state index contributed by atoms with van der Waals surface area (Å²) < 4.78 is 25.5. The highest BCUT2D eigenvalue weighted by Crippen LogP contribution is 2.30. The number of nitrogens with one attached hydrogen (secondary N) is 1. The quantitative estimate of drug-likeness (QED) is 0.880. The summed E-state index contributed by atoms with van der Waals surface area (Å²) in [5.41, 5.74) is 0.958. The summed E-state index contributed by atoms with van der Waals surface area (Å²) in [6.45, 7) is 0. The van der Waals surface area contributed by atoms with E-state index in [1.165, 1.54) is 6.07 Å². The van der Waals surface area contributed by atoms with E-state index in [9.17, 15) is 8.42 Å². The number of sulfonamides is 1. The van der Waals surface area contributed by atoms with E-state index < -0.39 is 10.0 Å². The minimum Gasteiger partial charge on any atom is -0.377 e. The monoisotopic (exact) mass is 284 g/mol. The molecule has 0 spiro atoms. The van der Waals surface area contributed by atoms with Crippen LogP contribution in [0.4, 0.5) is 5.69 Å². The fraction of sp³-hybridized carbons (Fsp3) is 0.167. The molecular formula is C12H13ClN2O2S. The summed E-state index contributed by atoms with van der Waals surface area (Å²) in [7, 11) is 0.155. The first-order valence-corrected chi connectivity index (χ1v) is 7.15. The van der Waals surface area contributed by atoms with Gasteiger partial charge in [0.25, 0.3) is 10.0 Å². The number of fused-ring (bicyclic) bond motifs is 1. The topological polar surface area (TPSA) is 49.4 Å². The fourth-order valence-corrected chi connectivity index (χ4v) is 2.99. The van der Waals surface area contributed by atoms with Gasteiger partial charge in [0, 0.05) is 30.6 Å². The molecule has 0 radical (unpaired) electrons. The molecule has 2 aromatic carbocycles. The van der Waals surface area contributed by atoms with Crippen LogP contribution in [0.25, 0.3) is 10.8 Å². The average Bonchev–Trinajstić information content (AvgIpc) is 2.37. The van der Waals surface area contributed by atoms with Gasteiger partial charge < -0.3 is 4.90 Å². The first-order valence-electron chi connectivity index (χ1n) is 5.29. The molecule has 0 aromatic heterocycles. The van der Waals surface area contributed by atoms with Crippen LogP contribution >= 0.6 is 11.8 Å². The lowest BCUT2D eigenvalue weighted by molar-refractivity contribution is 0.595. The van der Waals surface area contributed by atoms with E-state index in [1.807, 2.05) is 41.4 Å². The molecule has 18 heavy (non-hydrogen) atoms. The fourth-order valence-electron chi connectivity index (χ4n) is 1.93. The van der Waals surface area contributed by atoms with E-state index >= 15 is 0 Å². The van der Waals surface area contributed by atoms with Gasteiger partial charge in [-0.05, 0) is 23.9 Å². The van der Waals surface area contributed by atoms with Crippen molar-refractivity contribution in [2.75, 3.05) is 19.0 Å². The van der Waals surface area contributed by atoms with E-state index in [4.69, 9.17) is 11.8 Å². The molecule has 0 unspecified atom stereocenters. The highest BCUT2D eigenvalue weighted by atomic mass is 35.5. The zero-order valence-electron chi connectivity index (χ0n) is 10.0. The van der Waals surface area contributed by atoms with Gasteiger partial charge >= 0.3 is 0 Å². The van der Waals surface area contributed by atoms with Crippen molar-refractivity contribution in [1.29, 1.82) is 0 Å². The normalized spacial score (nSPS) is 11.7. The number of hydrogen-bond donors (Lipinski definition) is 1. The first kappa shape index (κ1) is 13.1. The number of halogens is 1. The molecule has 4 nitrogen and oxygen atoms in total. The van der Waals surface area contributed by atoms with Gasteiger partial charge in [-0.2, -0.15) is 0 Å². The Hall–Kier alpha value is -1.30. The van der Waals surface area contributed by atoms with Crippen LogP contribution in [-0.2, 0) is 10.0 Å². The number of rotatable bonds is 3. The summed E-state index contributed by atoms with van der Waals surface area (Å²) in [6.07, 6.45) is 0. The van der Waals surface area contributed by atoms with Crippen LogP contribution in [0, 0.1) is 0 Å². The highest BCUT2D eigenvalue weighted by molar-refractivity contribution is 7.90. The Kier molecular flexibility index (Phi) is 3.47. The molecule has 0 saturated carbocycles. The molecule has 0 heterocycles. The Bertz CT molecular complexity index is 684. The summed E-state index contributed by atoms with van der Waals surface area (Å²) >= 11 is 5.28. The van der Waals surface area contributed by atoms with Crippen LogP contribution in [0.5, 0.6) is 0 Å². The molecule has 0 amide bonds. The zero-order chi connectivity index (χ0) is 13.3. The summed E-state index contributed by atoms with van der Waals surface area (Å²) in [6, 6.07) is 10.7. The molecule has 0 saturated heterocycles. The van der Waals surface area contributed by atoms with Gasteiger partial charge in [0.05, 0.1) is 4.90 Å². The number of benzene rings is 2. The lowest BCUT2D eigenvalue weighted by Gasteiger charge is -2.16. The maximum absolute atomic E-state index is 11.8. The van der Waals surface area contributed by atoms with E-state index in [0.29, 0.717) is 5.39 Å². The molecule has 0 atom stereocenters. The van der Waals surface area contributed by atoms with Crippen molar-refractivity contribution in [1.82, 2.24) is 4.24 Å². The third-order valence-corrected chi connectivity index (χ3v) is 4.48. The van der Waals surface area contributed by atoms with E-state index in [2.05, 4.69) is 0 Å². The number of anilines is 1. The summed E-state index contributed by atoms with van der Waals surface area (Å²) in [5.74, 6) is 0. The SMILES string of the molecule is CN(C)c1cccc2c(S(=O)(=O)NCl)cccc12. The second-order valence-corrected chi connectivity index (χ2v) is 6.17. The predicted molar refractivity (Wildman–Crippen MR) is 74.4 cm³/mol. The van der Waals surface area contributed by atoms with Gasteiger partial charge in [0.2, 0.25) is 0 Å². The lowest BCUT2D eigenvalue weighted by Crippen LogP contribution is -2.14. The standard InChI is InChI=1S/C12H13ClN2O2S/c1-15(2)11-7-3-6-10-9(11)5-4-8-12(10)18(16,17)14-13/h3-8,14H,1-2H3. The van der Waals surface area contributed by atoms with Gasteiger partial charge in [0.15, 0.2) is 0 Å². The third-order valence-electron chi connectivity index (χ3n) is 2.73. The largest absolute Gasteiger partial charge is 0.377 e. The van der Waals surface area contributed by atoms with Crippen LogP contribution in [0.1, 0.15) is 0 Å². The Morgan fingerprint density at radius 2 is 1.67 bits per heavy atom. The number of hydrogen-bond acceptors (Lipinski definition) is 3. The van der Waals surface area contributed by atoms with Gasteiger partial charge in [-0.1, -0.05) is 24.3 Å². The third kappa shape index (κ3) is 2.16. The van der Waals surface area contributed by atoms with Crippen LogP contribution in [0.3, 0.4) is 0 Å². The van der Waals surface area contributed by atoms with Gasteiger partial charge in [-0.3, -0.25) is 0 Å². The van der Waals surface area contributed by atoms with E-state index in [-0.39, 0.29) is 4.90 Å². The van der Waals surface area contributed by atoms with Crippen LogP contribution in [-0.4, -0.2) is 22.5 Å². The minimum atomic E-state index is -3.67. The average molecular weight is 285 g/mol. The van der Waals surface area contributed by atoms with Gasteiger partial charge in [0.1, 0.15) is 0 Å². The summed E-state index contributed by atoms with van der Waals surface area (Å²) in [5, 5.41) is 1.52. The summed E-state index contributed by atoms with van der Waals surface area (Å²) in [4.78, 5) is 2.12. The Morgan fingerprint density at radius 3 is 2.28 bits per heavy atom. The smallest absolute Gasteiger partial charge is 0.254 e. The molecule has 1 N–H and O–H groups in total.